The number of ether oxygens (including phenoxy) is 1. The Hall–Kier alpha value is -0.620. The second kappa shape index (κ2) is 12.8. The molecule has 0 saturated carbocycles. The molecule has 4 heteroatoms. The number of hydrogen-bond donors (Lipinski definition) is 0. The normalized spacial score (nSPS) is 10.9. The molecule has 132 valence electrons. The van der Waals surface area contributed by atoms with Crippen molar-refractivity contribution in [3.63, 3.8) is 0 Å². The van der Waals surface area contributed by atoms with E-state index in [1.807, 2.05) is 18.2 Å². The summed E-state index contributed by atoms with van der Waals surface area (Å²) < 4.78 is 5.99. The number of hydrogen-bond acceptors (Lipinski definition) is 2. The van der Waals surface area contributed by atoms with Crippen molar-refractivity contribution in [1.29, 1.82) is 0 Å². The molecule has 1 rings (SSSR count). The predicted octanol–water partition coefficient (Wildman–Crippen LogP) is 1.17. The lowest BCUT2D eigenvalue weighted by Crippen LogP contribution is -3.00. The van der Waals surface area contributed by atoms with Gasteiger partial charge in [-0.1, -0.05) is 69.4 Å². The van der Waals surface area contributed by atoms with Gasteiger partial charge in [-0.15, -0.1) is 0 Å². The van der Waals surface area contributed by atoms with Crippen molar-refractivity contribution in [1.82, 2.24) is 0 Å². The van der Waals surface area contributed by atoms with Crippen molar-refractivity contribution in [3.05, 3.63) is 35.9 Å². The van der Waals surface area contributed by atoms with Crippen molar-refractivity contribution in [3.8, 4) is 0 Å². The van der Waals surface area contributed by atoms with Crippen LogP contribution in [0.4, 0.5) is 0 Å². The summed E-state index contributed by atoms with van der Waals surface area (Å²) in [6.07, 6.45) is 7.28. The number of quaternary nitrogens is 1. The maximum absolute atomic E-state index is 11.9. The van der Waals surface area contributed by atoms with Gasteiger partial charge >= 0.3 is 5.97 Å². The lowest BCUT2D eigenvalue weighted by atomic mass is 10.1. The SMILES string of the molecule is CCCCCCCCOC(=O)C[N+](C)(C)Cc1ccccc1.[I-]. The van der Waals surface area contributed by atoms with Gasteiger partial charge in [0.1, 0.15) is 6.54 Å². The van der Waals surface area contributed by atoms with Crippen LogP contribution in [0, 0.1) is 0 Å². The quantitative estimate of drug-likeness (QED) is 0.227. The van der Waals surface area contributed by atoms with Crippen LogP contribution < -0.4 is 24.0 Å². The molecule has 0 bridgehead atoms. The maximum atomic E-state index is 11.9. The molecule has 0 atom stereocenters. The molecule has 0 aliphatic heterocycles. The average molecular weight is 433 g/mol. The number of benzene rings is 1. The smallest absolute Gasteiger partial charge is 0.361 e. The van der Waals surface area contributed by atoms with Gasteiger partial charge in [0, 0.05) is 5.56 Å². The molecule has 0 heterocycles. The van der Waals surface area contributed by atoms with Gasteiger partial charge in [0.15, 0.2) is 6.54 Å². The number of likely N-dealkylation sites (N-methyl/N-ethyl adjacent to an activating group) is 1. The summed E-state index contributed by atoms with van der Waals surface area (Å²) in [6.45, 7) is 4.05. The van der Waals surface area contributed by atoms with Gasteiger partial charge in [-0.2, -0.15) is 0 Å². The summed E-state index contributed by atoms with van der Waals surface area (Å²) in [5, 5.41) is 0. The number of nitrogens with zero attached hydrogens (tertiary/aromatic N) is 1. The van der Waals surface area contributed by atoms with Crippen molar-refractivity contribution in [2.24, 2.45) is 0 Å². The minimum absolute atomic E-state index is 0. The van der Waals surface area contributed by atoms with E-state index in [1.54, 1.807) is 0 Å². The molecule has 0 unspecified atom stereocenters. The van der Waals surface area contributed by atoms with Crippen LogP contribution in [0.2, 0.25) is 0 Å². The fourth-order valence-corrected chi connectivity index (χ4v) is 2.60. The fraction of sp³-hybridized carbons (Fsp3) is 0.632. The molecular weight excluding hydrogens is 401 g/mol. The van der Waals surface area contributed by atoms with Gasteiger partial charge in [-0.05, 0) is 6.42 Å². The molecule has 1 aromatic carbocycles. The first-order valence-electron chi connectivity index (χ1n) is 8.55. The Morgan fingerprint density at radius 1 is 1.00 bits per heavy atom. The number of rotatable bonds is 11. The first kappa shape index (κ1) is 22.4. The van der Waals surface area contributed by atoms with Crippen LogP contribution in [0.15, 0.2) is 30.3 Å². The fourth-order valence-electron chi connectivity index (χ4n) is 2.60. The maximum Gasteiger partial charge on any atom is 0.361 e. The molecule has 3 nitrogen and oxygen atoms in total. The van der Waals surface area contributed by atoms with Gasteiger partial charge in [-0.3, -0.25) is 0 Å². The Balaban J connectivity index is 0.00000484. The molecule has 23 heavy (non-hydrogen) atoms. The monoisotopic (exact) mass is 433 g/mol. The van der Waals surface area contributed by atoms with E-state index in [4.69, 9.17) is 4.74 Å². The van der Waals surface area contributed by atoms with E-state index < -0.39 is 0 Å². The Morgan fingerprint density at radius 2 is 1.61 bits per heavy atom. The minimum Gasteiger partial charge on any atom is -1.00 e. The highest BCUT2D eigenvalue weighted by molar-refractivity contribution is 5.70. The Kier molecular flexibility index (Phi) is 12.4. The molecular formula is C19H32INO2. The number of unbranched alkanes of at least 4 members (excludes halogenated alkanes) is 5. The van der Waals surface area contributed by atoms with E-state index in [-0.39, 0.29) is 29.9 Å². The summed E-state index contributed by atoms with van der Waals surface area (Å²) in [4.78, 5) is 11.9. The van der Waals surface area contributed by atoms with Crippen molar-refractivity contribution < 1.29 is 38.0 Å². The van der Waals surface area contributed by atoms with E-state index >= 15 is 0 Å². The Labute approximate surface area is 159 Å². The molecule has 0 aromatic heterocycles. The van der Waals surface area contributed by atoms with Crippen LogP contribution in [0.3, 0.4) is 0 Å². The third kappa shape index (κ3) is 11.5. The zero-order chi connectivity index (χ0) is 16.3. The third-order valence-electron chi connectivity index (χ3n) is 3.77. The van der Waals surface area contributed by atoms with Gasteiger partial charge in [0.25, 0.3) is 0 Å². The van der Waals surface area contributed by atoms with Crippen molar-refractivity contribution in [2.75, 3.05) is 27.2 Å². The van der Waals surface area contributed by atoms with Crippen LogP contribution in [0.5, 0.6) is 0 Å². The summed E-state index contributed by atoms with van der Waals surface area (Å²) >= 11 is 0. The number of carbonyl (C=O) groups excluding carboxylic acids is 1. The summed E-state index contributed by atoms with van der Waals surface area (Å²) in [5.41, 5.74) is 1.25. The molecule has 1 aromatic rings. The van der Waals surface area contributed by atoms with Crippen molar-refractivity contribution in [2.45, 2.75) is 52.0 Å². The molecule has 0 fully saturated rings. The van der Waals surface area contributed by atoms with Gasteiger partial charge < -0.3 is 33.2 Å². The van der Waals surface area contributed by atoms with E-state index in [1.165, 1.54) is 31.2 Å². The molecule has 0 radical (unpaired) electrons. The van der Waals surface area contributed by atoms with Crippen LogP contribution in [-0.4, -0.2) is 37.7 Å². The Morgan fingerprint density at radius 3 is 2.26 bits per heavy atom. The van der Waals surface area contributed by atoms with E-state index in [0.717, 1.165) is 19.4 Å². The first-order chi connectivity index (χ1) is 10.5. The summed E-state index contributed by atoms with van der Waals surface area (Å²) in [6, 6.07) is 10.3. The third-order valence-corrected chi connectivity index (χ3v) is 3.77. The number of esters is 1. The highest BCUT2D eigenvalue weighted by Crippen LogP contribution is 2.09. The molecule has 0 N–H and O–H groups in total. The highest BCUT2D eigenvalue weighted by atomic mass is 127. The van der Waals surface area contributed by atoms with E-state index in [0.29, 0.717) is 17.6 Å². The lowest BCUT2D eigenvalue weighted by molar-refractivity contribution is -0.896. The topological polar surface area (TPSA) is 26.3 Å². The van der Waals surface area contributed by atoms with E-state index in [9.17, 15) is 4.79 Å². The summed E-state index contributed by atoms with van der Waals surface area (Å²) in [7, 11) is 4.14. The van der Waals surface area contributed by atoms with Gasteiger partial charge in [0.05, 0.1) is 20.7 Å². The van der Waals surface area contributed by atoms with E-state index in [2.05, 4.69) is 33.2 Å². The second-order valence-corrected chi connectivity index (χ2v) is 6.73. The molecule has 0 saturated heterocycles. The first-order valence-corrected chi connectivity index (χ1v) is 8.55. The lowest BCUT2D eigenvalue weighted by Gasteiger charge is -2.28. The van der Waals surface area contributed by atoms with Crippen LogP contribution in [-0.2, 0) is 16.1 Å². The van der Waals surface area contributed by atoms with Gasteiger partial charge in [0.2, 0.25) is 0 Å². The molecule has 0 spiro atoms. The summed E-state index contributed by atoms with van der Waals surface area (Å²) in [5.74, 6) is -0.0884. The minimum atomic E-state index is -0.0884. The van der Waals surface area contributed by atoms with Crippen LogP contribution in [0.1, 0.15) is 51.0 Å². The van der Waals surface area contributed by atoms with Crippen LogP contribution in [0.25, 0.3) is 0 Å². The average Bonchev–Trinajstić information content (AvgIpc) is 2.46. The standard InChI is InChI=1S/C19H32NO2.HI/c1-4-5-6-7-8-12-15-22-19(21)17-20(2,3)16-18-13-10-9-11-14-18;/h9-11,13-14H,4-8,12,15-17H2,1-3H3;1H/q+1;/p-1. The second-order valence-electron chi connectivity index (χ2n) is 6.73. The number of halogens is 1. The number of carbonyl (C=O) groups is 1. The molecule has 0 aliphatic carbocycles. The van der Waals surface area contributed by atoms with Crippen LogP contribution >= 0.6 is 0 Å². The Bertz CT molecular complexity index is 421. The molecule has 0 aliphatic rings. The zero-order valence-electron chi connectivity index (χ0n) is 14.9. The zero-order valence-corrected chi connectivity index (χ0v) is 17.0. The van der Waals surface area contributed by atoms with Crippen molar-refractivity contribution >= 4 is 5.97 Å². The molecule has 0 amide bonds. The van der Waals surface area contributed by atoms with Gasteiger partial charge in [-0.25, -0.2) is 4.79 Å². The highest BCUT2D eigenvalue weighted by Gasteiger charge is 2.21. The largest absolute Gasteiger partial charge is 1.00 e. The predicted molar refractivity (Wildman–Crippen MR) is 91.5 cm³/mol.